The maximum atomic E-state index is 12.4. The van der Waals surface area contributed by atoms with Crippen LogP contribution in [-0.4, -0.2) is 31.4 Å². The summed E-state index contributed by atoms with van der Waals surface area (Å²) in [6, 6.07) is 1.89. The molecule has 0 saturated heterocycles. The summed E-state index contributed by atoms with van der Waals surface area (Å²) in [5, 5.41) is 4.25. The van der Waals surface area contributed by atoms with Crippen molar-refractivity contribution in [3.63, 3.8) is 0 Å². The van der Waals surface area contributed by atoms with Crippen molar-refractivity contribution in [2.75, 3.05) is 0 Å². The molecule has 1 aliphatic rings. The van der Waals surface area contributed by atoms with E-state index in [-0.39, 0.29) is 17.5 Å². The van der Waals surface area contributed by atoms with Crippen LogP contribution in [0.15, 0.2) is 10.9 Å². The summed E-state index contributed by atoms with van der Waals surface area (Å²) < 4.78 is 1.36. The molecule has 0 fully saturated rings. The molecule has 0 bridgehead atoms. The standard InChI is InChI=1S/C13H16N4O2/c1-4-8-5-10-14-11-9(12(18)17(10)15-8)6-16(7(2)3)13(11)19/h5,7,14H,4,6H2,1-3H3. The molecule has 2 aromatic rings. The van der Waals surface area contributed by atoms with E-state index < -0.39 is 0 Å². The average molecular weight is 260 g/mol. The van der Waals surface area contributed by atoms with Crippen LogP contribution in [0.1, 0.15) is 42.5 Å². The molecule has 3 rings (SSSR count). The van der Waals surface area contributed by atoms with E-state index >= 15 is 0 Å². The minimum absolute atomic E-state index is 0.0752. The third-order valence-corrected chi connectivity index (χ3v) is 3.55. The molecule has 100 valence electrons. The number of carbonyl (C=O) groups excluding carboxylic acids is 1. The Morgan fingerprint density at radius 2 is 2.16 bits per heavy atom. The maximum absolute atomic E-state index is 12.4. The van der Waals surface area contributed by atoms with Crippen molar-refractivity contribution >= 4 is 11.6 Å². The number of aromatic amines is 1. The zero-order valence-corrected chi connectivity index (χ0v) is 11.2. The predicted molar refractivity (Wildman–Crippen MR) is 70.2 cm³/mol. The molecule has 0 spiro atoms. The van der Waals surface area contributed by atoms with E-state index in [0.29, 0.717) is 23.4 Å². The van der Waals surface area contributed by atoms with E-state index in [9.17, 15) is 9.59 Å². The van der Waals surface area contributed by atoms with Gasteiger partial charge in [0.2, 0.25) is 0 Å². The van der Waals surface area contributed by atoms with Crippen molar-refractivity contribution < 1.29 is 4.79 Å². The van der Waals surface area contributed by atoms with E-state index in [4.69, 9.17) is 0 Å². The van der Waals surface area contributed by atoms with Gasteiger partial charge in [0.05, 0.1) is 17.8 Å². The summed E-state index contributed by atoms with van der Waals surface area (Å²) in [5.74, 6) is -0.108. The van der Waals surface area contributed by atoms with Crippen molar-refractivity contribution in [1.29, 1.82) is 0 Å². The number of nitrogens with one attached hydrogen (secondary N) is 1. The molecule has 0 atom stereocenters. The first-order valence-electron chi connectivity index (χ1n) is 6.47. The third-order valence-electron chi connectivity index (χ3n) is 3.55. The highest BCUT2D eigenvalue weighted by Gasteiger charge is 2.33. The molecule has 0 aliphatic carbocycles. The second-order valence-corrected chi connectivity index (χ2v) is 5.10. The maximum Gasteiger partial charge on any atom is 0.280 e. The van der Waals surface area contributed by atoms with Crippen molar-refractivity contribution in [2.24, 2.45) is 0 Å². The Bertz CT molecular complexity index is 726. The molecule has 0 radical (unpaired) electrons. The fraction of sp³-hybridized carbons (Fsp3) is 0.462. The lowest BCUT2D eigenvalue weighted by molar-refractivity contribution is 0.0726. The molecular weight excluding hydrogens is 244 g/mol. The van der Waals surface area contributed by atoms with Crippen LogP contribution in [0.25, 0.3) is 5.65 Å². The van der Waals surface area contributed by atoms with Crippen molar-refractivity contribution in [3.8, 4) is 0 Å². The second-order valence-electron chi connectivity index (χ2n) is 5.10. The van der Waals surface area contributed by atoms with Gasteiger partial charge in [-0.1, -0.05) is 6.92 Å². The normalized spacial score (nSPS) is 14.7. The summed E-state index contributed by atoms with van der Waals surface area (Å²) in [4.78, 5) is 29.3. The first-order chi connectivity index (χ1) is 9.02. The number of aryl methyl sites for hydroxylation is 1. The van der Waals surface area contributed by atoms with E-state index in [1.165, 1.54) is 4.52 Å². The molecular formula is C13H16N4O2. The van der Waals surface area contributed by atoms with Gasteiger partial charge in [-0.05, 0) is 20.3 Å². The topological polar surface area (TPSA) is 70.5 Å². The zero-order chi connectivity index (χ0) is 13.7. The highest BCUT2D eigenvalue weighted by Crippen LogP contribution is 2.21. The summed E-state index contributed by atoms with van der Waals surface area (Å²) >= 11 is 0. The Hall–Kier alpha value is -2.11. The van der Waals surface area contributed by atoms with Crippen molar-refractivity contribution in [3.05, 3.63) is 33.4 Å². The Labute approximate surface area is 110 Å². The lowest BCUT2D eigenvalue weighted by atomic mass is 10.2. The van der Waals surface area contributed by atoms with Crippen LogP contribution < -0.4 is 5.56 Å². The van der Waals surface area contributed by atoms with Gasteiger partial charge in [0.15, 0.2) is 0 Å². The Morgan fingerprint density at radius 3 is 2.79 bits per heavy atom. The van der Waals surface area contributed by atoms with Crippen molar-refractivity contribution in [2.45, 2.75) is 39.8 Å². The van der Waals surface area contributed by atoms with Gasteiger partial charge in [-0.15, -0.1) is 0 Å². The number of carbonyl (C=O) groups is 1. The van der Waals surface area contributed by atoms with Gasteiger partial charge in [-0.25, -0.2) is 0 Å². The molecule has 3 heterocycles. The van der Waals surface area contributed by atoms with Crippen LogP contribution >= 0.6 is 0 Å². The summed E-state index contributed by atoms with van der Waals surface area (Å²) in [5.41, 5.74) is 2.15. The van der Waals surface area contributed by atoms with E-state index in [1.54, 1.807) is 4.90 Å². The van der Waals surface area contributed by atoms with Gasteiger partial charge in [0.25, 0.3) is 11.5 Å². The molecule has 1 amide bonds. The number of rotatable bonds is 2. The lowest BCUT2D eigenvalue weighted by Gasteiger charge is -2.19. The molecule has 1 N–H and O–H groups in total. The van der Waals surface area contributed by atoms with E-state index in [0.717, 1.165) is 12.1 Å². The van der Waals surface area contributed by atoms with Gasteiger partial charge in [-0.3, -0.25) is 9.59 Å². The molecule has 0 saturated carbocycles. The first kappa shape index (κ1) is 12.0. The number of amides is 1. The summed E-state index contributed by atoms with van der Waals surface area (Å²) in [7, 11) is 0. The van der Waals surface area contributed by atoms with Gasteiger partial charge >= 0.3 is 0 Å². The second kappa shape index (κ2) is 3.94. The lowest BCUT2D eigenvalue weighted by Crippen LogP contribution is -2.31. The van der Waals surface area contributed by atoms with E-state index in [2.05, 4.69) is 10.1 Å². The van der Waals surface area contributed by atoms with Gasteiger partial charge in [0.1, 0.15) is 11.3 Å². The van der Waals surface area contributed by atoms with Gasteiger partial charge in [-0.2, -0.15) is 9.61 Å². The summed E-state index contributed by atoms with van der Waals surface area (Å²) in [6.07, 6.45) is 0.756. The molecule has 6 nitrogen and oxygen atoms in total. The van der Waals surface area contributed by atoms with E-state index in [1.807, 2.05) is 26.8 Å². The van der Waals surface area contributed by atoms with Crippen LogP contribution in [0.3, 0.4) is 0 Å². The molecule has 1 aliphatic heterocycles. The van der Waals surface area contributed by atoms with Crippen molar-refractivity contribution in [1.82, 2.24) is 19.5 Å². The SMILES string of the molecule is CCc1cc2[nH]c3c(c(=O)n2n1)CN(C(C)C)C3=O. The number of hydrogen-bond acceptors (Lipinski definition) is 3. The molecule has 19 heavy (non-hydrogen) atoms. The minimum atomic E-state index is -0.194. The van der Waals surface area contributed by atoms with Crippen LogP contribution in [-0.2, 0) is 13.0 Å². The Balaban J connectivity index is 2.23. The molecule has 0 aromatic carbocycles. The highest BCUT2D eigenvalue weighted by molar-refractivity contribution is 5.96. The van der Waals surface area contributed by atoms with Crippen LogP contribution in [0.4, 0.5) is 0 Å². The fourth-order valence-corrected chi connectivity index (χ4v) is 2.42. The average Bonchev–Trinajstić information content (AvgIpc) is 2.92. The number of hydrogen-bond donors (Lipinski definition) is 1. The Morgan fingerprint density at radius 1 is 1.42 bits per heavy atom. The Kier molecular flexibility index (Phi) is 2.48. The molecule has 2 aromatic heterocycles. The quantitative estimate of drug-likeness (QED) is 0.874. The minimum Gasteiger partial charge on any atom is -0.335 e. The number of fused-ring (bicyclic) bond motifs is 2. The monoisotopic (exact) mass is 260 g/mol. The number of nitrogens with zero attached hydrogens (tertiary/aromatic N) is 3. The summed E-state index contributed by atoms with van der Waals surface area (Å²) in [6.45, 7) is 6.22. The van der Waals surface area contributed by atoms with Gasteiger partial charge < -0.3 is 9.88 Å². The fourth-order valence-electron chi connectivity index (χ4n) is 2.42. The molecule has 0 unspecified atom stereocenters. The zero-order valence-electron chi connectivity index (χ0n) is 11.2. The van der Waals surface area contributed by atoms with Crippen LogP contribution in [0.2, 0.25) is 0 Å². The number of H-pyrrole nitrogens is 1. The van der Waals surface area contributed by atoms with Crippen LogP contribution in [0.5, 0.6) is 0 Å². The third kappa shape index (κ3) is 1.59. The first-order valence-corrected chi connectivity index (χ1v) is 6.47. The van der Waals surface area contributed by atoms with Crippen LogP contribution in [0, 0.1) is 0 Å². The highest BCUT2D eigenvalue weighted by atomic mass is 16.2. The number of aromatic nitrogens is 3. The predicted octanol–water partition coefficient (Wildman–Crippen LogP) is 0.949. The largest absolute Gasteiger partial charge is 0.335 e. The molecule has 6 heteroatoms. The smallest absolute Gasteiger partial charge is 0.280 e. The van der Waals surface area contributed by atoms with Gasteiger partial charge in [0, 0.05) is 12.1 Å².